The van der Waals surface area contributed by atoms with Crippen molar-refractivity contribution in [1.82, 2.24) is 15.1 Å². The molecular formula is C30H48N4O4Si. The van der Waals surface area contributed by atoms with E-state index in [4.69, 9.17) is 10.8 Å². The van der Waals surface area contributed by atoms with Crippen LogP contribution in [0.25, 0.3) is 11.1 Å². The summed E-state index contributed by atoms with van der Waals surface area (Å²) in [5.74, 6) is -0.856. The number of carbonyl (C=O) groups excluding carboxylic acids is 2. The maximum atomic E-state index is 13.5. The number of hydrogen-bond acceptors (Lipinski definition) is 5. The largest absolute Gasteiger partial charge is 0.444 e. The number of nitrogens with zero attached hydrogens (tertiary/aromatic N) is 2. The van der Waals surface area contributed by atoms with Gasteiger partial charge in [-0.25, -0.2) is 9.48 Å². The van der Waals surface area contributed by atoms with Crippen molar-refractivity contribution in [3.05, 3.63) is 35.7 Å². The molecule has 0 bridgehead atoms. The molecule has 39 heavy (non-hydrogen) atoms. The van der Waals surface area contributed by atoms with Crippen molar-refractivity contribution >= 4 is 25.8 Å². The fourth-order valence-electron chi connectivity index (χ4n) is 4.84. The van der Waals surface area contributed by atoms with Crippen molar-refractivity contribution in [2.45, 2.75) is 111 Å². The van der Waals surface area contributed by atoms with Crippen molar-refractivity contribution in [2.75, 3.05) is 11.9 Å². The maximum Gasteiger partial charge on any atom is 0.408 e. The third-order valence-corrected chi connectivity index (χ3v) is 8.62. The van der Waals surface area contributed by atoms with Gasteiger partial charge in [0.15, 0.2) is 0 Å². The van der Waals surface area contributed by atoms with Crippen LogP contribution in [0.5, 0.6) is 0 Å². The Morgan fingerprint density at radius 2 is 1.77 bits per heavy atom. The highest BCUT2D eigenvalue weighted by Gasteiger charge is 2.32. The summed E-state index contributed by atoms with van der Waals surface area (Å²) in [4.78, 5) is 26.1. The van der Waals surface area contributed by atoms with Crippen LogP contribution < -0.4 is 10.6 Å². The molecule has 1 aromatic carbocycles. The number of hydrogen-bond donors (Lipinski definition) is 2. The van der Waals surface area contributed by atoms with Crippen molar-refractivity contribution in [2.24, 2.45) is 5.92 Å². The Morgan fingerprint density at radius 1 is 1.13 bits per heavy atom. The first-order chi connectivity index (χ1) is 18.6. The van der Waals surface area contributed by atoms with Gasteiger partial charge < -0.3 is 20.1 Å². The van der Waals surface area contributed by atoms with Crippen LogP contribution in [0.4, 0.5) is 10.5 Å². The first kappa shape index (κ1) is 29.3. The summed E-state index contributed by atoms with van der Waals surface area (Å²) in [5.41, 5.74) is 3.78. The lowest BCUT2D eigenvalue weighted by atomic mass is 9.83. The van der Waals surface area contributed by atoms with Gasteiger partial charge in [0.1, 0.15) is 18.3 Å². The lowest BCUT2D eigenvalue weighted by molar-refractivity contribution is -0.119. The lowest BCUT2D eigenvalue weighted by Crippen LogP contribution is -2.50. The molecule has 1 unspecified atom stereocenters. The minimum Gasteiger partial charge on any atom is -0.444 e. The highest BCUT2D eigenvalue weighted by Crippen LogP contribution is 2.30. The molecule has 9 heteroatoms. The fourth-order valence-corrected chi connectivity index (χ4v) is 5.59. The summed E-state index contributed by atoms with van der Waals surface area (Å²) < 4.78 is 22.3. The van der Waals surface area contributed by atoms with E-state index in [1.807, 2.05) is 42.8 Å². The Hall–Kier alpha value is -2.65. The monoisotopic (exact) mass is 557 g/mol. The first-order valence-corrected chi connectivity index (χ1v) is 17.8. The van der Waals surface area contributed by atoms with E-state index in [0.717, 1.165) is 54.4 Å². The van der Waals surface area contributed by atoms with Crippen LogP contribution in [0.15, 0.2) is 24.3 Å². The topological polar surface area (TPSA) is 94.5 Å². The van der Waals surface area contributed by atoms with E-state index >= 15 is 0 Å². The molecule has 2 N–H and O–H groups in total. The first-order valence-electron chi connectivity index (χ1n) is 14.6. The number of ether oxygens (including phenoxy) is 2. The second-order valence-electron chi connectivity index (χ2n) is 12.8. The van der Waals surface area contributed by atoms with E-state index in [-0.39, 0.29) is 5.92 Å². The average molecular weight is 558 g/mol. The fraction of sp³-hybridized carbons (Fsp3) is 0.633. The van der Waals surface area contributed by atoms with Crippen molar-refractivity contribution < 1.29 is 20.4 Å². The molecule has 0 aliphatic heterocycles. The molecular weight excluding hydrogens is 508 g/mol. The molecule has 2 amide bonds. The molecule has 8 nitrogen and oxygen atoms in total. The zero-order chi connectivity index (χ0) is 29.7. The van der Waals surface area contributed by atoms with Crippen LogP contribution in [0.3, 0.4) is 0 Å². The van der Waals surface area contributed by atoms with Gasteiger partial charge in [-0.05, 0) is 77.1 Å². The molecule has 216 valence electrons. The second kappa shape index (κ2) is 13.1. The summed E-state index contributed by atoms with van der Waals surface area (Å²) in [5, 5.41) is 10.2. The number of rotatable bonds is 10. The summed E-state index contributed by atoms with van der Waals surface area (Å²) in [6, 6.07) is 6.81. The molecule has 0 saturated heterocycles. The number of anilines is 1. The Bertz CT molecular complexity index is 1160. The molecule has 1 aliphatic carbocycles. The van der Waals surface area contributed by atoms with Gasteiger partial charge in [-0.15, -0.1) is 0 Å². The van der Waals surface area contributed by atoms with Gasteiger partial charge in [-0.3, -0.25) is 4.79 Å². The van der Waals surface area contributed by atoms with Gasteiger partial charge in [0.2, 0.25) is 5.91 Å². The normalized spacial score (nSPS) is 16.8. The van der Waals surface area contributed by atoms with Crippen LogP contribution in [-0.4, -0.2) is 48.1 Å². The van der Waals surface area contributed by atoms with E-state index < -0.39 is 31.7 Å². The molecule has 1 atom stereocenters. The van der Waals surface area contributed by atoms with Gasteiger partial charge in [0.05, 0.1) is 7.06 Å². The molecule has 2 aromatic rings. The number of nitrogens with one attached hydrogen (secondary N) is 2. The second-order valence-corrected chi connectivity index (χ2v) is 18.4. The number of alkyl carbamates (subject to hydrolysis) is 1. The minimum atomic E-state index is -1.83. The molecule has 0 radical (unpaired) electrons. The van der Waals surface area contributed by atoms with E-state index in [1.54, 1.807) is 20.8 Å². The zero-order valence-electron chi connectivity index (χ0n) is 26.1. The van der Waals surface area contributed by atoms with Crippen LogP contribution in [0.2, 0.25) is 25.7 Å². The summed E-state index contributed by atoms with van der Waals surface area (Å²) in [6.07, 6.45) is 3.58. The van der Waals surface area contributed by atoms with Crippen molar-refractivity contribution in [1.29, 1.82) is 0 Å². The number of benzene rings is 1. The molecule has 1 saturated carbocycles. The van der Waals surface area contributed by atoms with Crippen LogP contribution in [-0.2, 0) is 21.0 Å². The summed E-state index contributed by atoms with van der Waals surface area (Å²) >= 11 is 0. The van der Waals surface area contributed by atoms with Crippen LogP contribution in [0.1, 0.15) is 65.6 Å². The highest BCUT2D eigenvalue weighted by atomic mass is 28.3. The SMILES string of the molecule is [2H]C(NC(=O)OC(C)(C)C)(C(=O)Nc1ccc(-c2c(C)nn(COCC[Si](C)(C)C)c2C)cc1)C1CCCCC1. The van der Waals surface area contributed by atoms with E-state index in [0.29, 0.717) is 25.3 Å². The average Bonchev–Trinajstić information content (AvgIpc) is 3.13. The predicted molar refractivity (Wildman–Crippen MR) is 160 cm³/mol. The lowest BCUT2D eigenvalue weighted by Gasteiger charge is -2.31. The smallest absolute Gasteiger partial charge is 0.408 e. The number of aromatic nitrogens is 2. The molecule has 1 fully saturated rings. The third kappa shape index (κ3) is 9.49. The number of carbonyl (C=O) groups is 2. The Balaban J connectivity index is 1.73. The van der Waals surface area contributed by atoms with Crippen LogP contribution in [0, 0.1) is 19.8 Å². The van der Waals surface area contributed by atoms with Crippen molar-refractivity contribution in [3.63, 3.8) is 0 Å². The number of aryl methyl sites for hydroxylation is 1. The zero-order valence-corrected chi connectivity index (χ0v) is 26.1. The van der Waals surface area contributed by atoms with E-state index in [2.05, 4.69) is 35.4 Å². The summed E-state index contributed by atoms with van der Waals surface area (Å²) in [7, 11) is -1.15. The van der Waals surface area contributed by atoms with Gasteiger partial charge in [0, 0.05) is 31.6 Å². The standard InChI is InChI=1S/C30H48N4O4Si/c1-21-26(22(2)34(33-21)20-37-18-19-39(6,7)8)23-14-16-25(17-15-23)31-28(35)27(24-12-10-9-11-13-24)32-29(36)38-30(3,4)5/h14-17,24,27H,9-13,18-20H2,1-8H3,(H,31,35)(H,32,36)/i27D. The molecule has 1 aliphatic rings. The Labute approximate surface area is 236 Å². The molecule has 0 spiro atoms. The Kier molecular flexibility index (Phi) is 9.88. The van der Waals surface area contributed by atoms with Gasteiger partial charge in [0.25, 0.3) is 0 Å². The van der Waals surface area contributed by atoms with Gasteiger partial charge in [-0.1, -0.05) is 51.0 Å². The van der Waals surface area contributed by atoms with E-state index in [9.17, 15) is 9.59 Å². The molecule has 1 heterocycles. The third-order valence-electron chi connectivity index (χ3n) is 6.92. The maximum absolute atomic E-state index is 13.5. The van der Waals surface area contributed by atoms with E-state index in [1.165, 1.54) is 0 Å². The van der Waals surface area contributed by atoms with Gasteiger partial charge in [-0.2, -0.15) is 5.10 Å². The minimum absolute atomic E-state index is 0.294. The quantitative estimate of drug-likeness (QED) is 0.245. The summed E-state index contributed by atoms with van der Waals surface area (Å²) in [6.45, 7) is 17.5. The molecule has 3 rings (SSSR count). The predicted octanol–water partition coefficient (Wildman–Crippen LogP) is 6.89. The van der Waals surface area contributed by atoms with Crippen LogP contribution >= 0.6 is 0 Å². The highest BCUT2D eigenvalue weighted by molar-refractivity contribution is 6.76. The van der Waals surface area contributed by atoms with Gasteiger partial charge >= 0.3 is 6.09 Å². The molecule has 1 aromatic heterocycles. The Morgan fingerprint density at radius 3 is 2.36 bits per heavy atom. The number of amides is 2. The van der Waals surface area contributed by atoms with Crippen molar-refractivity contribution in [3.8, 4) is 11.1 Å².